The van der Waals surface area contributed by atoms with Gasteiger partial charge in [0, 0.05) is 13.1 Å². The Morgan fingerprint density at radius 2 is 1.73 bits per heavy atom. The molecule has 1 saturated heterocycles. The van der Waals surface area contributed by atoms with Crippen molar-refractivity contribution in [2.24, 2.45) is 0 Å². The van der Waals surface area contributed by atoms with Gasteiger partial charge in [0.1, 0.15) is 0 Å². The van der Waals surface area contributed by atoms with Crippen molar-refractivity contribution in [3.63, 3.8) is 0 Å². The van der Waals surface area contributed by atoms with E-state index in [0.29, 0.717) is 6.42 Å². The molecule has 0 aromatic heterocycles. The summed E-state index contributed by atoms with van der Waals surface area (Å²) in [5.41, 5.74) is 0. The van der Waals surface area contributed by atoms with Crippen molar-refractivity contribution in [1.29, 1.82) is 0 Å². The molecule has 7 heteroatoms. The molecule has 0 spiro atoms. The van der Waals surface area contributed by atoms with Crippen LogP contribution in [0.2, 0.25) is 0 Å². The first-order chi connectivity index (χ1) is 6.87. The first kappa shape index (κ1) is 12.9. The summed E-state index contributed by atoms with van der Waals surface area (Å²) in [5, 5.41) is 0. The SMILES string of the molecule is CCCCS(=O)(=O)N1CCS(=O)(=O)CC1. The number of rotatable bonds is 4. The third-order valence-corrected chi connectivity index (χ3v) is 6.02. The van der Waals surface area contributed by atoms with Crippen molar-refractivity contribution >= 4 is 19.9 Å². The molecule has 0 N–H and O–H groups in total. The maximum absolute atomic E-state index is 11.7. The summed E-state index contributed by atoms with van der Waals surface area (Å²) in [7, 11) is -6.23. The second-order valence-corrected chi connectivity index (χ2v) is 8.11. The highest BCUT2D eigenvalue weighted by molar-refractivity contribution is 7.92. The Morgan fingerprint density at radius 1 is 1.20 bits per heavy atom. The number of nitrogens with zero attached hydrogens (tertiary/aromatic N) is 1. The molecule has 0 unspecified atom stereocenters. The van der Waals surface area contributed by atoms with E-state index in [-0.39, 0.29) is 30.3 Å². The molecule has 5 nitrogen and oxygen atoms in total. The summed E-state index contributed by atoms with van der Waals surface area (Å²) < 4.78 is 46.9. The van der Waals surface area contributed by atoms with Gasteiger partial charge >= 0.3 is 0 Å². The Hall–Kier alpha value is -0.140. The molecule has 90 valence electrons. The maximum atomic E-state index is 11.7. The molecule has 0 aliphatic carbocycles. The molecule has 0 amide bonds. The van der Waals surface area contributed by atoms with Gasteiger partial charge in [-0.2, -0.15) is 4.31 Å². The van der Waals surface area contributed by atoms with Crippen molar-refractivity contribution in [2.75, 3.05) is 30.3 Å². The Kier molecular flexibility index (Phi) is 4.13. The highest BCUT2D eigenvalue weighted by Gasteiger charge is 2.29. The van der Waals surface area contributed by atoms with Crippen molar-refractivity contribution < 1.29 is 16.8 Å². The number of sulfonamides is 1. The largest absolute Gasteiger partial charge is 0.229 e. The van der Waals surface area contributed by atoms with E-state index in [4.69, 9.17) is 0 Å². The smallest absolute Gasteiger partial charge is 0.214 e. The standard InChI is InChI=1S/C8H17NO4S2/c1-2-3-6-15(12,13)9-4-7-14(10,11)8-5-9/h2-8H2,1H3. The van der Waals surface area contributed by atoms with Gasteiger partial charge in [0.2, 0.25) is 10.0 Å². The van der Waals surface area contributed by atoms with Crippen LogP contribution in [0, 0.1) is 0 Å². The zero-order chi connectivity index (χ0) is 11.5. The Bertz CT molecular complexity index is 384. The van der Waals surface area contributed by atoms with Crippen LogP contribution in [0.25, 0.3) is 0 Å². The van der Waals surface area contributed by atoms with Crippen LogP contribution in [0.5, 0.6) is 0 Å². The summed E-state index contributed by atoms with van der Waals surface area (Å²) in [5.74, 6) is 0.0419. The van der Waals surface area contributed by atoms with Gasteiger partial charge in [0.05, 0.1) is 17.3 Å². The van der Waals surface area contributed by atoms with Crippen LogP contribution in [-0.2, 0) is 19.9 Å². The minimum absolute atomic E-state index is 0.0433. The zero-order valence-electron chi connectivity index (χ0n) is 8.85. The van der Waals surface area contributed by atoms with E-state index < -0.39 is 19.9 Å². The van der Waals surface area contributed by atoms with E-state index in [0.717, 1.165) is 6.42 Å². The highest BCUT2D eigenvalue weighted by atomic mass is 32.2. The fourth-order valence-electron chi connectivity index (χ4n) is 1.43. The minimum atomic E-state index is -3.23. The van der Waals surface area contributed by atoms with Gasteiger partial charge in [-0.05, 0) is 6.42 Å². The first-order valence-electron chi connectivity index (χ1n) is 5.05. The second kappa shape index (κ2) is 4.80. The van der Waals surface area contributed by atoms with E-state index >= 15 is 0 Å². The lowest BCUT2D eigenvalue weighted by molar-refractivity contribution is 0.429. The third kappa shape index (κ3) is 3.73. The van der Waals surface area contributed by atoms with Gasteiger partial charge in [0.15, 0.2) is 9.84 Å². The molecule has 0 aromatic carbocycles. The fourth-order valence-corrected chi connectivity index (χ4v) is 4.51. The molecule has 0 radical (unpaired) electrons. The number of unbranched alkanes of at least 4 members (excludes halogenated alkanes) is 1. The van der Waals surface area contributed by atoms with Crippen LogP contribution >= 0.6 is 0 Å². The molecule has 1 heterocycles. The minimum Gasteiger partial charge on any atom is -0.229 e. The molecule has 1 fully saturated rings. The third-order valence-electron chi connectivity index (χ3n) is 2.45. The average molecular weight is 255 g/mol. The molecule has 1 aliphatic rings. The fraction of sp³-hybridized carbons (Fsp3) is 1.00. The lowest BCUT2D eigenvalue weighted by atomic mass is 10.4. The van der Waals surface area contributed by atoms with Crippen LogP contribution in [0.1, 0.15) is 19.8 Å². The van der Waals surface area contributed by atoms with E-state index in [1.54, 1.807) is 0 Å². The Balaban J connectivity index is 2.60. The van der Waals surface area contributed by atoms with E-state index in [9.17, 15) is 16.8 Å². The quantitative estimate of drug-likeness (QED) is 0.700. The summed E-state index contributed by atoms with van der Waals surface area (Å²) in [6, 6.07) is 0. The monoisotopic (exact) mass is 255 g/mol. The molecule has 15 heavy (non-hydrogen) atoms. The number of hydrogen-bond acceptors (Lipinski definition) is 4. The summed E-state index contributed by atoms with van der Waals surface area (Å²) in [6.07, 6.45) is 1.46. The van der Waals surface area contributed by atoms with Gasteiger partial charge in [-0.3, -0.25) is 0 Å². The molecule has 0 atom stereocenters. The van der Waals surface area contributed by atoms with Crippen LogP contribution in [-0.4, -0.2) is 51.5 Å². The first-order valence-corrected chi connectivity index (χ1v) is 8.49. The maximum Gasteiger partial charge on any atom is 0.214 e. The zero-order valence-corrected chi connectivity index (χ0v) is 10.5. The van der Waals surface area contributed by atoms with Crippen molar-refractivity contribution in [1.82, 2.24) is 4.31 Å². The highest BCUT2D eigenvalue weighted by Crippen LogP contribution is 2.10. The van der Waals surface area contributed by atoms with E-state index in [2.05, 4.69) is 0 Å². The average Bonchev–Trinajstić information content (AvgIpc) is 2.14. The summed E-state index contributed by atoms with van der Waals surface area (Å²) >= 11 is 0. The van der Waals surface area contributed by atoms with Crippen LogP contribution < -0.4 is 0 Å². The predicted octanol–water partition coefficient (Wildman–Crippen LogP) is -0.153. The summed E-state index contributed by atoms with van der Waals surface area (Å²) in [4.78, 5) is 0. The van der Waals surface area contributed by atoms with E-state index in [1.165, 1.54) is 4.31 Å². The topological polar surface area (TPSA) is 71.5 Å². The van der Waals surface area contributed by atoms with Gasteiger partial charge in [-0.25, -0.2) is 16.8 Å². The molecular formula is C8H17NO4S2. The normalized spacial score (nSPS) is 22.7. The van der Waals surface area contributed by atoms with Crippen molar-refractivity contribution in [3.8, 4) is 0 Å². The van der Waals surface area contributed by atoms with Gasteiger partial charge in [-0.1, -0.05) is 13.3 Å². The second-order valence-electron chi connectivity index (χ2n) is 3.72. The number of sulfone groups is 1. The van der Waals surface area contributed by atoms with Gasteiger partial charge in [-0.15, -0.1) is 0 Å². The molecule has 0 saturated carbocycles. The van der Waals surface area contributed by atoms with Crippen molar-refractivity contribution in [2.45, 2.75) is 19.8 Å². The van der Waals surface area contributed by atoms with Crippen LogP contribution in [0.15, 0.2) is 0 Å². The van der Waals surface area contributed by atoms with Gasteiger partial charge in [0.25, 0.3) is 0 Å². The van der Waals surface area contributed by atoms with E-state index in [1.807, 2.05) is 6.92 Å². The van der Waals surface area contributed by atoms with Crippen molar-refractivity contribution in [3.05, 3.63) is 0 Å². The lowest BCUT2D eigenvalue weighted by Crippen LogP contribution is -2.44. The molecule has 1 aliphatic heterocycles. The molecule has 1 rings (SSSR count). The predicted molar refractivity (Wildman–Crippen MR) is 58.9 cm³/mol. The number of hydrogen-bond donors (Lipinski definition) is 0. The Morgan fingerprint density at radius 3 is 2.20 bits per heavy atom. The molecular weight excluding hydrogens is 238 g/mol. The lowest BCUT2D eigenvalue weighted by Gasteiger charge is -2.25. The van der Waals surface area contributed by atoms with Gasteiger partial charge < -0.3 is 0 Å². The Labute approximate surface area is 91.4 Å². The summed E-state index contributed by atoms with van der Waals surface area (Å²) in [6.45, 7) is 2.17. The van der Waals surface area contributed by atoms with Crippen LogP contribution in [0.3, 0.4) is 0 Å². The van der Waals surface area contributed by atoms with Crippen LogP contribution in [0.4, 0.5) is 0 Å². The molecule has 0 bridgehead atoms. The molecule has 0 aromatic rings.